The number of rotatable bonds is 7. The second-order valence-corrected chi connectivity index (χ2v) is 8.38. The number of carbonyl (C=O) groups is 3. The van der Waals surface area contributed by atoms with E-state index in [4.69, 9.17) is 15.2 Å². The third kappa shape index (κ3) is 5.41. The van der Waals surface area contributed by atoms with Gasteiger partial charge in [-0.2, -0.15) is 0 Å². The lowest BCUT2D eigenvalue weighted by Gasteiger charge is -2.41. The Morgan fingerprint density at radius 1 is 0.889 bits per heavy atom. The van der Waals surface area contributed by atoms with Crippen molar-refractivity contribution in [1.82, 2.24) is 0 Å². The van der Waals surface area contributed by atoms with Gasteiger partial charge in [-0.3, -0.25) is 9.59 Å². The van der Waals surface area contributed by atoms with E-state index >= 15 is 0 Å². The van der Waals surface area contributed by atoms with Crippen molar-refractivity contribution >= 4 is 34.9 Å². The maximum Gasteiger partial charge on any atom is 0.316 e. The van der Waals surface area contributed by atoms with Crippen molar-refractivity contribution in [3.05, 3.63) is 78.4 Å². The summed E-state index contributed by atoms with van der Waals surface area (Å²) in [5.41, 5.74) is 7.66. The van der Waals surface area contributed by atoms with Crippen molar-refractivity contribution in [2.24, 2.45) is 11.7 Å². The lowest BCUT2D eigenvalue weighted by Crippen LogP contribution is -2.47. The minimum absolute atomic E-state index is 0.0716. The van der Waals surface area contributed by atoms with E-state index in [1.54, 1.807) is 55.5 Å². The Hall–Kier alpha value is -4.53. The second kappa shape index (κ2) is 10.8. The summed E-state index contributed by atoms with van der Waals surface area (Å²) < 4.78 is 10.6. The van der Waals surface area contributed by atoms with E-state index < -0.39 is 18.0 Å². The molecular weight excluding hydrogens is 460 g/mol. The summed E-state index contributed by atoms with van der Waals surface area (Å²) in [4.78, 5) is 39.7. The van der Waals surface area contributed by atoms with Crippen LogP contribution in [0.1, 0.15) is 24.4 Å². The summed E-state index contributed by atoms with van der Waals surface area (Å²) in [6.45, 7) is 0. The molecule has 9 nitrogen and oxygen atoms in total. The molecule has 2 atom stereocenters. The molecule has 0 radical (unpaired) electrons. The molecule has 3 aromatic rings. The van der Waals surface area contributed by atoms with Crippen molar-refractivity contribution < 1.29 is 23.9 Å². The number of piperidine rings is 1. The molecule has 4 amide bonds. The number of anilines is 3. The predicted octanol–water partition coefficient (Wildman–Crippen LogP) is 4.32. The van der Waals surface area contributed by atoms with Crippen LogP contribution in [-0.4, -0.2) is 32.1 Å². The first-order valence-corrected chi connectivity index (χ1v) is 11.5. The Morgan fingerprint density at radius 3 is 2.06 bits per heavy atom. The highest BCUT2D eigenvalue weighted by Crippen LogP contribution is 2.41. The van der Waals surface area contributed by atoms with Gasteiger partial charge < -0.3 is 30.7 Å². The van der Waals surface area contributed by atoms with Gasteiger partial charge in [0.25, 0.3) is 0 Å². The molecule has 2 unspecified atom stereocenters. The number of benzene rings is 3. The standard InChI is InChI=1S/C27H28N4O5/c1-35-21-10-6-17(7-11-21)25-23(26(33)29-18-4-3-5-19(16-18)30-27(28)34)14-15-24(32)31(25)20-8-12-22(36-2)13-9-20/h3-13,16,23,25H,14-15H2,1-2H3,(H,29,33)(H3,28,30,34). The number of amides is 4. The van der Waals surface area contributed by atoms with Gasteiger partial charge in [-0.05, 0) is 66.6 Å². The number of hydrogen-bond acceptors (Lipinski definition) is 5. The van der Waals surface area contributed by atoms with Crippen molar-refractivity contribution in [2.75, 3.05) is 29.8 Å². The maximum atomic E-state index is 13.6. The van der Waals surface area contributed by atoms with E-state index in [1.807, 2.05) is 36.4 Å². The molecule has 1 saturated heterocycles. The maximum absolute atomic E-state index is 13.6. The van der Waals surface area contributed by atoms with E-state index in [1.165, 1.54) is 0 Å². The minimum Gasteiger partial charge on any atom is -0.497 e. The molecule has 1 heterocycles. The zero-order valence-corrected chi connectivity index (χ0v) is 20.1. The van der Waals surface area contributed by atoms with Gasteiger partial charge in [0.05, 0.1) is 26.2 Å². The van der Waals surface area contributed by atoms with Crippen LogP contribution in [0.25, 0.3) is 0 Å². The molecule has 4 N–H and O–H groups in total. The van der Waals surface area contributed by atoms with Crippen molar-refractivity contribution in [2.45, 2.75) is 18.9 Å². The van der Waals surface area contributed by atoms with Gasteiger partial charge in [0, 0.05) is 23.5 Å². The average Bonchev–Trinajstić information content (AvgIpc) is 2.88. The van der Waals surface area contributed by atoms with Crippen LogP contribution >= 0.6 is 0 Å². The van der Waals surface area contributed by atoms with Crippen LogP contribution in [0.5, 0.6) is 11.5 Å². The van der Waals surface area contributed by atoms with E-state index in [-0.39, 0.29) is 18.2 Å². The zero-order chi connectivity index (χ0) is 25.7. The molecule has 186 valence electrons. The third-order valence-corrected chi connectivity index (χ3v) is 6.14. The SMILES string of the molecule is COc1ccc(C2C(C(=O)Nc3cccc(NC(N)=O)c3)CCC(=O)N2c2ccc(OC)cc2)cc1. The highest BCUT2D eigenvalue weighted by molar-refractivity contribution is 6.00. The van der Waals surface area contributed by atoms with Crippen molar-refractivity contribution in [1.29, 1.82) is 0 Å². The van der Waals surface area contributed by atoms with Crippen LogP contribution in [0.2, 0.25) is 0 Å². The summed E-state index contributed by atoms with van der Waals surface area (Å²) in [7, 11) is 3.16. The topological polar surface area (TPSA) is 123 Å². The Balaban J connectivity index is 1.69. The van der Waals surface area contributed by atoms with E-state index in [2.05, 4.69) is 10.6 Å². The molecule has 0 bridgehead atoms. The highest BCUT2D eigenvalue weighted by Gasteiger charge is 2.41. The number of methoxy groups -OCH3 is 2. The van der Waals surface area contributed by atoms with Gasteiger partial charge in [0.15, 0.2) is 0 Å². The molecule has 9 heteroatoms. The average molecular weight is 489 g/mol. The number of hydrogen-bond donors (Lipinski definition) is 3. The van der Waals surface area contributed by atoms with Gasteiger partial charge in [0.1, 0.15) is 11.5 Å². The second-order valence-electron chi connectivity index (χ2n) is 8.38. The third-order valence-electron chi connectivity index (χ3n) is 6.14. The molecule has 36 heavy (non-hydrogen) atoms. The quantitative estimate of drug-likeness (QED) is 0.457. The van der Waals surface area contributed by atoms with Gasteiger partial charge >= 0.3 is 6.03 Å². The van der Waals surface area contributed by atoms with E-state index in [0.29, 0.717) is 35.0 Å². The summed E-state index contributed by atoms with van der Waals surface area (Å²) >= 11 is 0. The number of carbonyl (C=O) groups excluding carboxylic acids is 3. The lowest BCUT2D eigenvalue weighted by atomic mass is 9.83. The van der Waals surface area contributed by atoms with Gasteiger partial charge in [-0.25, -0.2) is 4.79 Å². The Labute approximate surface area is 209 Å². The molecule has 0 aromatic heterocycles. The highest BCUT2D eigenvalue weighted by atomic mass is 16.5. The molecule has 0 spiro atoms. The fourth-order valence-corrected chi connectivity index (χ4v) is 4.45. The summed E-state index contributed by atoms with van der Waals surface area (Å²) in [6.07, 6.45) is 0.604. The van der Waals surface area contributed by atoms with Crippen LogP contribution in [0, 0.1) is 5.92 Å². The van der Waals surface area contributed by atoms with Crippen LogP contribution in [0.4, 0.5) is 21.9 Å². The van der Waals surface area contributed by atoms with Crippen LogP contribution < -0.4 is 30.7 Å². The number of nitrogens with zero attached hydrogens (tertiary/aromatic N) is 1. The van der Waals surface area contributed by atoms with Crippen LogP contribution in [0.3, 0.4) is 0 Å². The number of ether oxygens (including phenoxy) is 2. The molecule has 3 aromatic carbocycles. The first kappa shape index (κ1) is 24.6. The summed E-state index contributed by atoms with van der Waals surface area (Å²) in [5.74, 6) is 0.501. The van der Waals surface area contributed by atoms with Gasteiger partial charge in [-0.15, -0.1) is 0 Å². The van der Waals surface area contributed by atoms with Gasteiger partial charge in [-0.1, -0.05) is 18.2 Å². The van der Waals surface area contributed by atoms with Gasteiger partial charge in [0.2, 0.25) is 11.8 Å². The molecule has 1 fully saturated rings. The van der Waals surface area contributed by atoms with Crippen molar-refractivity contribution in [3.63, 3.8) is 0 Å². The summed E-state index contributed by atoms with van der Waals surface area (Å²) in [5, 5.41) is 5.44. The number of nitrogens with two attached hydrogens (primary N) is 1. The Kier molecular flexibility index (Phi) is 7.39. The van der Waals surface area contributed by atoms with Crippen LogP contribution in [0.15, 0.2) is 72.8 Å². The molecule has 0 saturated carbocycles. The first-order valence-electron chi connectivity index (χ1n) is 11.5. The summed E-state index contributed by atoms with van der Waals surface area (Å²) in [6, 6.07) is 20.1. The minimum atomic E-state index is -0.695. The smallest absolute Gasteiger partial charge is 0.316 e. The Morgan fingerprint density at radius 2 is 1.47 bits per heavy atom. The van der Waals surface area contributed by atoms with E-state index in [0.717, 1.165) is 5.56 Å². The monoisotopic (exact) mass is 488 g/mol. The van der Waals surface area contributed by atoms with Crippen molar-refractivity contribution in [3.8, 4) is 11.5 Å². The Bertz CT molecular complexity index is 1240. The molecule has 0 aliphatic carbocycles. The largest absolute Gasteiger partial charge is 0.497 e. The van der Waals surface area contributed by atoms with Crippen LogP contribution in [-0.2, 0) is 9.59 Å². The number of nitrogens with one attached hydrogen (secondary N) is 2. The zero-order valence-electron chi connectivity index (χ0n) is 20.1. The number of primary amides is 1. The first-order chi connectivity index (χ1) is 17.4. The molecule has 1 aliphatic rings. The lowest BCUT2D eigenvalue weighted by molar-refractivity contribution is -0.125. The fourth-order valence-electron chi connectivity index (χ4n) is 4.45. The van der Waals surface area contributed by atoms with E-state index in [9.17, 15) is 14.4 Å². The predicted molar refractivity (Wildman–Crippen MR) is 137 cm³/mol. The molecule has 1 aliphatic heterocycles. The fraction of sp³-hybridized carbons (Fsp3) is 0.222. The molecular formula is C27H28N4O5. The normalized spacial score (nSPS) is 17.3. The number of urea groups is 1. The molecule has 4 rings (SSSR count).